The normalized spacial score (nSPS) is 20.0. The molecule has 1 amide bonds. The first kappa shape index (κ1) is 20.0. The van der Waals surface area contributed by atoms with E-state index in [0.717, 1.165) is 62.9 Å². The van der Waals surface area contributed by atoms with Crippen LogP contribution in [0.1, 0.15) is 36.6 Å². The molecule has 4 rings (SSSR count). The smallest absolute Gasteiger partial charge is 0.230 e. The minimum absolute atomic E-state index is 0.00355. The highest BCUT2D eigenvalue weighted by Crippen LogP contribution is 2.26. The summed E-state index contributed by atoms with van der Waals surface area (Å²) >= 11 is 1.36. The van der Waals surface area contributed by atoms with Crippen LogP contribution in [-0.4, -0.2) is 63.9 Å². The van der Waals surface area contributed by atoms with Gasteiger partial charge in [0, 0.05) is 62.0 Å². The predicted molar refractivity (Wildman–Crippen MR) is 111 cm³/mol. The lowest BCUT2D eigenvalue weighted by Crippen LogP contribution is -2.38. The van der Waals surface area contributed by atoms with Gasteiger partial charge >= 0.3 is 0 Å². The third-order valence-electron chi connectivity index (χ3n) is 5.25. The van der Waals surface area contributed by atoms with Crippen molar-refractivity contribution in [2.24, 2.45) is 0 Å². The van der Waals surface area contributed by atoms with Crippen LogP contribution >= 0.6 is 11.8 Å². The van der Waals surface area contributed by atoms with E-state index >= 15 is 0 Å². The summed E-state index contributed by atoms with van der Waals surface area (Å²) in [6.07, 6.45) is 6.47. The van der Waals surface area contributed by atoms with Gasteiger partial charge in [0.15, 0.2) is 5.16 Å². The molecule has 0 saturated carbocycles. The maximum atomic E-state index is 12.3. The van der Waals surface area contributed by atoms with Gasteiger partial charge in [0.2, 0.25) is 11.9 Å². The average molecular weight is 415 g/mol. The second-order valence-electron chi connectivity index (χ2n) is 7.44. The number of nitrogens with zero attached hydrogens (tertiary/aromatic N) is 5. The Bertz CT molecular complexity index is 845. The van der Waals surface area contributed by atoms with Crippen LogP contribution in [0.2, 0.25) is 0 Å². The number of carbonyl (C=O) groups excluding carboxylic acids is 1. The van der Waals surface area contributed by atoms with E-state index in [1.54, 1.807) is 6.20 Å². The molecule has 2 saturated heterocycles. The molecule has 0 aromatic carbocycles. The molecular formula is C20H26N6O2S. The summed E-state index contributed by atoms with van der Waals surface area (Å²) < 4.78 is 5.45. The van der Waals surface area contributed by atoms with Crippen molar-refractivity contribution in [3.63, 3.8) is 0 Å². The van der Waals surface area contributed by atoms with E-state index in [-0.39, 0.29) is 11.9 Å². The van der Waals surface area contributed by atoms with Crippen LogP contribution in [0.25, 0.3) is 0 Å². The van der Waals surface area contributed by atoms with E-state index in [2.05, 4.69) is 25.2 Å². The molecule has 154 valence electrons. The molecule has 2 aromatic rings. The number of hydrogen-bond acceptors (Lipinski definition) is 8. The summed E-state index contributed by atoms with van der Waals surface area (Å²) in [4.78, 5) is 32.2. The predicted octanol–water partition coefficient (Wildman–Crippen LogP) is 1.96. The van der Waals surface area contributed by atoms with Crippen molar-refractivity contribution in [2.45, 2.75) is 43.3 Å². The quantitative estimate of drug-likeness (QED) is 0.566. The molecule has 1 N–H and O–H groups in total. The first-order valence-corrected chi connectivity index (χ1v) is 11.0. The van der Waals surface area contributed by atoms with E-state index < -0.39 is 0 Å². The number of nitrogens with one attached hydrogen (secondary N) is 1. The summed E-state index contributed by atoms with van der Waals surface area (Å²) in [5.74, 6) is 1.52. The van der Waals surface area contributed by atoms with Crippen molar-refractivity contribution in [1.29, 1.82) is 0 Å². The highest BCUT2D eigenvalue weighted by molar-refractivity contribution is 7.99. The van der Waals surface area contributed by atoms with Crippen LogP contribution in [-0.2, 0) is 9.53 Å². The third kappa shape index (κ3) is 5.42. The van der Waals surface area contributed by atoms with Crippen molar-refractivity contribution < 1.29 is 9.53 Å². The summed E-state index contributed by atoms with van der Waals surface area (Å²) in [5.41, 5.74) is 2.00. The van der Waals surface area contributed by atoms with E-state index in [1.165, 1.54) is 11.8 Å². The molecule has 2 fully saturated rings. The average Bonchev–Trinajstić information content (AvgIpc) is 3.22. The first-order valence-electron chi connectivity index (χ1n) is 10.0. The standard InChI is InChI=1S/C20H26N6O2S/c1-14-2-7-22-20(23-14)29-13-18(27)24-16-4-9-26(12-16)19-21-8-3-17(25-19)15-5-10-28-11-6-15/h2-3,7-8,15-16H,4-6,9-13H2,1H3,(H,24,27). The van der Waals surface area contributed by atoms with Gasteiger partial charge in [-0.1, -0.05) is 11.8 Å². The first-order chi connectivity index (χ1) is 14.2. The van der Waals surface area contributed by atoms with Crippen molar-refractivity contribution in [1.82, 2.24) is 25.3 Å². The van der Waals surface area contributed by atoms with Crippen LogP contribution in [0.5, 0.6) is 0 Å². The van der Waals surface area contributed by atoms with Crippen LogP contribution in [0.3, 0.4) is 0 Å². The molecule has 0 radical (unpaired) electrons. The van der Waals surface area contributed by atoms with Crippen molar-refractivity contribution in [3.8, 4) is 0 Å². The molecule has 0 spiro atoms. The summed E-state index contributed by atoms with van der Waals surface area (Å²) in [6, 6.07) is 3.97. The summed E-state index contributed by atoms with van der Waals surface area (Å²) in [5, 5.41) is 3.74. The highest BCUT2D eigenvalue weighted by Gasteiger charge is 2.26. The van der Waals surface area contributed by atoms with Gasteiger partial charge < -0.3 is 15.0 Å². The fourth-order valence-electron chi connectivity index (χ4n) is 3.69. The highest BCUT2D eigenvalue weighted by atomic mass is 32.2. The Kier molecular flexibility index (Phi) is 6.56. The Balaban J connectivity index is 1.28. The zero-order chi connectivity index (χ0) is 20.1. The Morgan fingerprint density at radius 1 is 1.21 bits per heavy atom. The van der Waals surface area contributed by atoms with Crippen molar-refractivity contribution >= 4 is 23.6 Å². The lowest BCUT2D eigenvalue weighted by atomic mass is 9.96. The van der Waals surface area contributed by atoms with Gasteiger partial charge in [-0.05, 0) is 38.3 Å². The van der Waals surface area contributed by atoms with Crippen LogP contribution < -0.4 is 10.2 Å². The van der Waals surface area contributed by atoms with Crippen LogP contribution in [0.15, 0.2) is 29.7 Å². The van der Waals surface area contributed by atoms with Gasteiger partial charge in [-0.2, -0.15) is 0 Å². The van der Waals surface area contributed by atoms with E-state index in [1.807, 2.05) is 25.3 Å². The second-order valence-corrected chi connectivity index (χ2v) is 8.38. The van der Waals surface area contributed by atoms with Gasteiger partial charge in [0.25, 0.3) is 0 Å². The van der Waals surface area contributed by atoms with Crippen molar-refractivity contribution in [3.05, 3.63) is 35.9 Å². The number of amides is 1. The van der Waals surface area contributed by atoms with Crippen molar-refractivity contribution in [2.75, 3.05) is 37.0 Å². The molecule has 29 heavy (non-hydrogen) atoms. The maximum absolute atomic E-state index is 12.3. The molecule has 2 aromatic heterocycles. The zero-order valence-corrected chi connectivity index (χ0v) is 17.4. The second kappa shape index (κ2) is 9.49. The number of thioether (sulfide) groups is 1. The van der Waals surface area contributed by atoms with Crippen LogP contribution in [0, 0.1) is 6.92 Å². The fourth-order valence-corrected chi connectivity index (χ4v) is 4.38. The SMILES string of the molecule is Cc1ccnc(SCC(=O)NC2CCN(c3nccc(C4CCOCC4)n3)C2)n1. The lowest BCUT2D eigenvalue weighted by molar-refractivity contribution is -0.119. The van der Waals surface area contributed by atoms with Crippen LogP contribution in [0.4, 0.5) is 5.95 Å². The number of ether oxygens (including phenoxy) is 1. The minimum atomic E-state index is 0.00355. The summed E-state index contributed by atoms with van der Waals surface area (Å²) in [6.45, 7) is 5.09. The lowest BCUT2D eigenvalue weighted by Gasteiger charge is -2.23. The van der Waals surface area contributed by atoms with E-state index in [0.29, 0.717) is 16.8 Å². The van der Waals surface area contributed by atoms with E-state index in [9.17, 15) is 4.79 Å². The number of aromatic nitrogens is 4. The Morgan fingerprint density at radius 3 is 2.86 bits per heavy atom. The molecule has 8 nitrogen and oxygen atoms in total. The molecule has 2 aliphatic rings. The zero-order valence-electron chi connectivity index (χ0n) is 16.6. The fraction of sp³-hybridized carbons (Fsp3) is 0.550. The van der Waals surface area contributed by atoms with Gasteiger partial charge in [-0.3, -0.25) is 4.79 Å². The van der Waals surface area contributed by atoms with Gasteiger partial charge in [-0.25, -0.2) is 19.9 Å². The molecule has 2 aliphatic heterocycles. The third-order valence-corrected chi connectivity index (χ3v) is 6.11. The number of hydrogen-bond donors (Lipinski definition) is 1. The van der Waals surface area contributed by atoms with E-state index in [4.69, 9.17) is 9.72 Å². The number of carbonyl (C=O) groups is 1. The van der Waals surface area contributed by atoms with Gasteiger partial charge in [0.05, 0.1) is 5.75 Å². The molecule has 4 heterocycles. The number of anilines is 1. The summed E-state index contributed by atoms with van der Waals surface area (Å²) in [7, 11) is 0. The Labute approximate surface area is 174 Å². The van der Waals surface area contributed by atoms with Gasteiger partial charge in [-0.15, -0.1) is 0 Å². The number of aryl methyl sites for hydroxylation is 1. The molecular weight excluding hydrogens is 388 g/mol. The Hall–Kier alpha value is -2.26. The minimum Gasteiger partial charge on any atom is -0.381 e. The largest absolute Gasteiger partial charge is 0.381 e. The monoisotopic (exact) mass is 414 g/mol. The number of rotatable bonds is 6. The topological polar surface area (TPSA) is 93.1 Å². The maximum Gasteiger partial charge on any atom is 0.230 e. The molecule has 9 heteroatoms. The molecule has 1 unspecified atom stereocenters. The molecule has 0 bridgehead atoms. The Morgan fingerprint density at radius 2 is 2.03 bits per heavy atom. The molecule has 0 aliphatic carbocycles. The van der Waals surface area contributed by atoms with Gasteiger partial charge in [0.1, 0.15) is 0 Å². The molecule has 1 atom stereocenters.